The molecule has 0 aliphatic carbocycles. The van der Waals surface area contributed by atoms with Crippen molar-refractivity contribution >= 4 is 16.9 Å². The number of aromatic amines is 1. The van der Waals surface area contributed by atoms with Gasteiger partial charge in [0.1, 0.15) is 11.0 Å². The van der Waals surface area contributed by atoms with E-state index < -0.39 is 0 Å². The van der Waals surface area contributed by atoms with Gasteiger partial charge in [0.05, 0.1) is 18.3 Å². The van der Waals surface area contributed by atoms with Crippen LogP contribution in [0.5, 0.6) is 0 Å². The quantitative estimate of drug-likeness (QED) is 0.559. The van der Waals surface area contributed by atoms with E-state index in [0.29, 0.717) is 35.4 Å². The minimum Gasteiger partial charge on any atom is -0.334 e. The number of pyridine rings is 1. The first-order valence-corrected chi connectivity index (χ1v) is 9.79. The fourth-order valence-corrected chi connectivity index (χ4v) is 3.89. The number of likely N-dealkylation sites (tertiary alicyclic amines) is 1. The summed E-state index contributed by atoms with van der Waals surface area (Å²) >= 11 is 0. The van der Waals surface area contributed by atoms with Gasteiger partial charge in [-0.1, -0.05) is 0 Å². The van der Waals surface area contributed by atoms with E-state index in [0.717, 1.165) is 18.4 Å². The van der Waals surface area contributed by atoms with Crippen LogP contribution in [0, 0.1) is 0 Å². The Bertz CT molecular complexity index is 1270. The number of aromatic nitrogens is 6. The fraction of sp³-hybridized carbons (Fsp3) is 0.238. The summed E-state index contributed by atoms with van der Waals surface area (Å²) in [4.78, 5) is 31.4. The van der Waals surface area contributed by atoms with Gasteiger partial charge in [0.2, 0.25) is 0 Å². The maximum Gasteiger partial charge on any atom is 0.266 e. The number of fused-ring (bicyclic) bond motifs is 1. The van der Waals surface area contributed by atoms with E-state index in [1.807, 2.05) is 17.0 Å². The third-order valence-electron chi connectivity index (χ3n) is 5.43. The minimum absolute atomic E-state index is 0.0688. The number of hydrogen-bond donors (Lipinski definition) is 1. The highest BCUT2D eigenvalue weighted by Crippen LogP contribution is 2.23. The Labute approximate surface area is 171 Å². The highest BCUT2D eigenvalue weighted by molar-refractivity contribution is 5.97. The second-order valence-corrected chi connectivity index (χ2v) is 7.30. The zero-order valence-electron chi connectivity index (χ0n) is 16.1. The van der Waals surface area contributed by atoms with Gasteiger partial charge in [-0.2, -0.15) is 20.5 Å². The van der Waals surface area contributed by atoms with Crippen LogP contribution in [0.15, 0.2) is 59.7 Å². The molecule has 0 spiro atoms. The van der Waals surface area contributed by atoms with Crippen LogP contribution in [-0.4, -0.2) is 53.6 Å². The van der Waals surface area contributed by atoms with Gasteiger partial charge in [-0.15, -0.1) is 0 Å². The highest BCUT2D eigenvalue weighted by Gasteiger charge is 2.30. The Kier molecular flexibility index (Phi) is 4.55. The molecule has 9 heteroatoms. The number of nitrogens with one attached hydrogen (secondary N) is 1. The van der Waals surface area contributed by atoms with Gasteiger partial charge < -0.3 is 4.90 Å². The van der Waals surface area contributed by atoms with Crippen molar-refractivity contribution < 1.29 is 4.79 Å². The smallest absolute Gasteiger partial charge is 0.266 e. The minimum atomic E-state index is -0.184. The Morgan fingerprint density at radius 2 is 1.90 bits per heavy atom. The summed E-state index contributed by atoms with van der Waals surface area (Å²) in [6.45, 7) is 1.01. The van der Waals surface area contributed by atoms with Crippen molar-refractivity contribution in [3.63, 3.8) is 0 Å². The third kappa shape index (κ3) is 3.34. The van der Waals surface area contributed by atoms with Gasteiger partial charge in [0.15, 0.2) is 0 Å². The second-order valence-electron chi connectivity index (χ2n) is 7.30. The van der Waals surface area contributed by atoms with Gasteiger partial charge in [0.25, 0.3) is 11.5 Å². The number of carbonyl (C=O) groups is 1. The molecule has 1 saturated heterocycles. The molecule has 4 heterocycles. The normalized spacial score (nSPS) is 16.3. The molecule has 9 nitrogen and oxygen atoms in total. The number of H-pyrrole nitrogens is 1. The molecule has 1 atom stereocenters. The Morgan fingerprint density at radius 1 is 1.07 bits per heavy atom. The first-order valence-electron chi connectivity index (χ1n) is 9.79. The zero-order valence-corrected chi connectivity index (χ0v) is 16.1. The first kappa shape index (κ1) is 18.2. The summed E-state index contributed by atoms with van der Waals surface area (Å²) in [5.74, 6) is -0.0688. The predicted octanol–water partition coefficient (Wildman–Crippen LogP) is 1.88. The predicted molar refractivity (Wildman–Crippen MR) is 110 cm³/mol. The average Bonchev–Trinajstić information content (AvgIpc) is 3.44. The zero-order chi connectivity index (χ0) is 20.5. The molecule has 30 heavy (non-hydrogen) atoms. The molecular formula is C21H19N7O2. The lowest BCUT2D eigenvalue weighted by molar-refractivity contribution is 0.0720. The van der Waals surface area contributed by atoms with E-state index >= 15 is 0 Å². The van der Waals surface area contributed by atoms with Gasteiger partial charge in [-0.25, -0.2) is 4.68 Å². The van der Waals surface area contributed by atoms with Gasteiger partial charge in [-0.3, -0.25) is 14.6 Å². The molecule has 1 amide bonds. The van der Waals surface area contributed by atoms with E-state index in [9.17, 15) is 9.59 Å². The van der Waals surface area contributed by atoms with Crippen molar-refractivity contribution in [2.24, 2.45) is 0 Å². The molecular weight excluding hydrogens is 382 g/mol. The van der Waals surface area contributed by atoms with Crippen molar-refractivity contribution in [2.45, 2.75) is 25.4 Å². The largest absolute Gasteiger partial charge is 0.334 e. The Hall–Kier alpha value is -3.88. The topological polar surface area (TPSA) is 110 Å². The van der Waals surface area contributed by atoms with Crippen LogP contribution in [0.3, 0.4) is 0 Å². The van der Waals surface area contributed by atoms with Crippen LogP contribution >= 0.6 is 0 Å². The molecule has 4 aromatic rings. The van der Waals surface area contributed by atoms with E-state index in [2.05, 4.69) is 25.5 Å². The summed E-state index contributed by atoms with van der Waals surface area (Å²) < 4.78 is 1.45. The van der Waals surface area contributed by atoms with E-state index in [1.54, 1.807) is 36.7 Å². The molecule has 1 fully saturated rings. The lowest BCUT2D eigenvalue weighted by Gasteiger charge is -2.25. The molecule has 1 aliphatic rings. The van der Waals surface area contributed by atoms with Gasteiger partial charge in [0, 0.05) is 36.1 Å². The number of hydrogen-bond acceptors (Lipinski definition) is 6. The van der Waals surface area contributed by atoms with Crippen LogP contribution < -0.4 is 5.56 Å². The van der Waals surface area contributed by atoms with E-state index in [-0.39, 0.29) is 17.5 Å². The number of amides is 1. The van der Waals surface area contributed by atoms with E-state index in [4.69, 9.17) is 0 Å². The van der Waals surface area contributed by atoms with Crippen molar-refractivity contribution in [2.75, 3.05) is 6.54 Å². The summed E-state index contributed by atoms with van der Waals surface area (Å²) in [6, 6.07) is 12.1. The van der Waals surface area contributed by atoms with Crippen LogP contribution in [0.2, 0.25) is 0 Å². The van der Waals surface area contributed by atoms with Crippen molar-refractivity contribution in [3.05, 3.63) is 70.8 Å². The van der Waals surface area contributed by atoms with Crippen LogP contribution in [0.1, 0.15) is 23.2 Å². The first-order chi connectivity index (χ1) is 14.7. The fourth-order valence-electron chi connectivity index (χ4n) is 3.89. The number of benzene rings is 1. The summed E-state index contributed by atoms with van der Waals surface area (Å²) in [5, 5.41) is 15.2. The van der Waals surface area contributed by atoms with Crippen LogP contribution in [0.4, 0.5) is 0 Å². The summed E-state index contributed by atoms with van der Waals surface area (Å²) in [7, 11) is 0. The number of rotatable bonds is 4. The molecule has 1 aliphatic heterocycles. The van der Waals surface area contributed by atoms with Gasteiger partial charge in [-0.05, 0) is 49.2 Å². The maximum atomic E-state index is 13.1. The van der Waals surface area contributed by atoms with Crippen LogP contribution in [-0.2, 0) is 6.54 Å². The van der Waals surface area contributed by atoms with Crippen molar-refractivity contribution in [1.82, 2.24) is 35.1 Å². The Morgan fingerprint density at radius 3 is 2.77 bits per heavy atom. The van der Waals surface area contributed by atoms with E-state index in [1.165, 1.54) is 10.7 Å². The number of carbonyl (C=O) groups excluding carboxylic acids is 1. The molecule has 0 bridgehead atoms. The second kappa shape index (κ2) is 7.51. The Balaban J connectivity index is 1.40. The molecule has 0 radical (unpaired) electrons. The third-order valence-corrected chi connectivity index (χ3v) is 5.43. The SMILES string of the molecule is O=C(c1ccc2n[nH]nc2c1)N1CCCC1Cn1nc(-c2ccncc2)ccc1=O. The monoisotopic (exact) mass is 401 g/mol. The number of nitrogens with zero attached hydrogens (tertiary/aromatic N) is 6. The summed E-state index contributed by atoms with van der Waals surface area (Å²) in [5.41, 5.74) is 3.33. The molecule has 1 N–H and O–H groups in total. The molecule has 1 aromatic carbocycles. The molecule has 1 unspecified atom stereocenters. The average molecular weight is 401 g/mol. The van der Waals surface area contributed by atoms with Gasteiger partial charge >= 0.3 is 0 Å². The van der Waals surface area contributed by atoms with Crippen LogP contribution in [0.25, 0.3) is 22.3 Å². The van der Waals surface area contributed by atoms with Crippen molar-refractivity contribution in [3.8, 4) is 11.3 Å². The summed E-state index contributed by atoms with van der Waals surface area (Å²) in [6.07, 6.45) is 5.10. The molecule has 150 valence electrons. The van der Waals surface area contributed by atoms with Crippen molar-refractivity contribution in [1.29, 1.82) is 0 Å². The highest BCUT2D eigenvalue weighted by atomic mass is 16.2. The lowest BCUT2D eigenvalue weighted by atomic mass is 10.1. The molecule has 5 rings (SSSR count). The molecule has 3 aromatic heterocycles. The lowest BCUT2D eigenvalue weighted by Crippen LogP contribution is -2.40. The maximum absolute atomic E-state index is 13.1. The standard InChI is InChI=1S/C21H19N7O2/c29-20-6-5-17(14-7-9-22-10-8-14)25-28(20)13-16-2-1-11-27(16)21(30)15-3-4-18-19(12-15)24-26-23-18/h3-10,12,16H,1-2,11,13H2,(H,23,24,26). The molecule has 0 saturated carbocycles.